The molecule has 0 fully saturated rings. The zero-order valence-corrected chi connectivity index (χ0v) is 11.8. The Bertz CT molecular complexity index is 411. The second kappa shape index (κ2) is 4.98. The summed E-state index contributed by atoms with van der Waals surface area (Å²) in [5.41, 5.74) is 9.04. The Morgan fingerprint density at radius 1 is 1.44 bits per heavy atom. The van der Waals surface area contributed by atoms with Gasteiger partial charge in [-0.3, -0.25) is 4.98 Å². The molecular formula is C15H24N2O. The van der Waals surface area contributed by atoms with Crippen molar-refractivity contribution in [1.29, 1.82) is 0 Å². The first-order valence-corrected chi connectivity index (χ1v) is 6.67. The van der Waals surface area contributed by atoms with E-state index in [2.05, 4.69) is 31.8 Å². The summed E-state index contributed by atoms with van der Waals surface area (Å²) in [6, 6.07) is 4.17. The standard InChI is InChI=1S/C15H24N2O/c1-15(2,3)14(18-4)12(16)11-8-7-10-6-5-9-17-13(10)11/h5-6,9,11-12,14H,7-8,16H2,1-4H3. The first kappa shape index (κ1) is 13.5. The summed E-state index contributed by atoms with van der Waals surface area (Å²) in [7, 11) is 1.75. The van der Waals surface area contributed by atoms with Crippen molar-refractivity contribution < 1.29 is 4.74 Å². The second-order valence-electron chi connectivity index (χ2n) is 6.29. The van der Waals surface area contributed by atoms with Gasteiger partial charge < -0.3 is 10.5 Å². The van der Waals surface area contributed by atoms with Gasteiger partial charge in [-0.25, -0.2) is 0 Å². The number of aryl methyl sites for hydroxylation is 1. The van der Waals surface area contributed by atoms with Crippen molar-refractivity contribution in [3.63, 3.8) is 0 Å². The third kappa shape index (κ3) is 2.43. The molecule has 0 saturated heterocycles. The molecule has 100 valence electrons. The van der Waals surface area contributed by atoms with Crippen molar-refractivity contribution >= 4 is 0 Å². The minimum Gasteiger partial charge on any atom is -0.379 e. The molecule has 1 aliphatic rings. The first-order valence-electron chi connectivity index (χ1n) is 6.67. The minimum absolute atomic E-state index is 0.00569. The Balaban J connectivity index is 2.23. The van der Waals surface area contributed by atoms with Crippen molar-refractivity contribution in [3.05, 3.63) is 29.6 Å². The number of ether oxygens (including phenoxy) is 1. The molecule has 2 N–H and O–H groups in total. The van der Waals surface area contributed by atoms with Crippen molar-refractivity contribution in [3.8, 4) is 0 Å². The maximum atomic E-state index is 6.47. The molecule has 3 atom stereocenters. The Labute approximate surface area is 110 Å². The molecule has 3 unspecified atom stereocenters. The molecule has 0 spiro atoms. The lowest BCUT2D eigenvalue weighted by Crippen LogP contribution is -2.47. The molecule has 1 aliphatic carbocycles. The lowest BCUT2D eigenvalue weighted by molar-refractivity contribution is -0.00818. The summed E-state index contributed by atoms with van der Waals surface area (Å²) in [5.74, 6) is 0.324. The van der Waals surface area contributed by atoms with Crippen LogP contribution in [0.4, 0.5) is 0 Å². The molecule has 18 heavy (non-hydrogen) atoms. The lowest BCUT2D eigenvalue weighted by atomic mass is 9.79. The number of nitrogens with two attached hydrogens (primary N) is 1. The van der Waals surface area contributed by atoms with E-state index in [1.807, 2.05) is 12.3 Å². The zero-order valence-electron chi connectivity index (χ0n) is 11.8. The summed E-state index contributed by atoms with van der Waals surface area (Å²) < 4.78 is 5.65. The van der Waals surface area contributed by atoms with Gasteiger partial charge in [-0.2, -0.15) is 0 Å². The van der Waals surface area contributed by atoms with E-state index in [-0.39, 0.29) is 17.6 Å². The third-order valence-electron chi connectivity index (χ3n) is 3.92. The van der Waals surface area contributed by atoms with E-state index in [1.165, 1.54) is 11.3 Å². The van der Waals surface area contributed by atoms with Crippen LogP contribution in [0, 0.1) is 5.41 Å². The molecule has 0 saturated carbocycles. The van der Waals surface area contributed by atoms with E-state index in [0.29, 0.717) is 5.92 Å². The van der Waals surface area contributed by atoms with Crippen LogP contribution in [0.5, 0.6) is 0 Å². The van der Waals surface area contributed by atoms with Gasteiger partial charge in [-0.05, 0) is 29.9 Å². The topological polar surface area (TPSA) is 48.1 Å². The van der Waals surface area contributed by atoms with Crippen molar-refractivity contribution in [2.75, 3.05) is 7.11 Å². The average molecular weight is 248 g/mol. The van der Waals surface area contributed by atoms with Gasteiger partial charge in [0.15, 0.2) is 0 Å². The molecule has 0 amide bonds. The largest absolute Gasteiger partial charge is 0.379 e. The highest BCUT2D eigenvalue weighted by Crippen LogP contribution is 2.37. The third-order valence-corrected chi connectivity index (χ3v) is 3.92. The highest BCUT2D eigenvalue weighted by atomic mass is 16.5. The number of methoxy groups -OCH3 is 1. The highest BCUT2D eigenvalue weighted by molar-refractivity contribution is 5.30. The first-order chi connectivity index (χ1) is 8.45. The number of pyridine rings is 1. The molecule has 1 aromatic rings. The average Bonchev–Trinajstić information content (AvgIpc) is 2.71. The van der Waals surface area contributed by atoms with Gasteiger partial charge in [-0.15, -0.1) is 0 Å². The Morgan fingerprint density at radius 3 is 2.78 bits per heavy atom. The fourth-order valence-corrected chi connectivity index (χ4v) is 3.12. The van der Waals surface area contributed by atoms with Gasteiger partial charge in [0.2, 0.25) is 0 Å². The van der Waals surface area contributed by atoms with Crippen LogP contribution in [0.15, 0.2) is 18.3 Å². The fraction of sp³-hybridized carbons (Fsp3) is 0.667. The van der Waals surface area contributed by atoms with Crippen LogP contribution in [-0.2, 0) is 11.2 Å². The maximum absolute atomic E-state index is 6.47. The predicted molar refractivity (Wildman–Crippen MR) is 73.5 cm³/mol. The van der Waals surface area contributed by atoms with E-state index in [9.17, 15) is 0 Å². The van der Waals surface area contributed by atoms with E-state index >= 15 is 0 Å². The maximum Gasteiger partial charge on any atom is 0.0776 e. The fourth-order valence-electron chi connectivity index (χ4n) is 3.12. The molecule has 0 aromatic carbocycles. The SMILES string of the molecule is COC(C(N)C1CCc2cccnc21)C(C)(C)C. The predicted octanol–water partition coefficient (Wildman–Crippen LogP) is 2.50. The van der Waals surface area contributed by atoms with Crippen molar-refractivity contribution in [2.24, 2.45) is 11.1 Å². The van der Waals surface area contributed by atoms with Crippen LogP contribution in [0.2, 0.25) is 0 Å². The van der Waals surface area contributed by atoms with Gasteiger partial charge in [0.05, 0.1) is 6.10 Å². The monoisotopic (exact) mass is 248 g/mol. The molecule has 1 heterocycles. The number of fused-ring (bicyclic) bond motifs is 1. The highest BCUT2D eigenvalue weighted by Gasteiger charge is 2.38. The molecular weight excluding hydrogens is 224 g/mol. The number of aromatic nitrogens is 1. The van der Waals surface area contributed by atoms with E-state index in [0.717, 1.165) is 12.8 Å². The molecule has 0 bridgehead atoms. The Hall–Kier alpha value is -0.930. The van der Waals surface area contributed by atoms with Crippen molar-refractivity contribution in [2.45, 2.75) is 51.7 Å². The van der Waals surface area contributed by atoms with Crippen LogP contribution in [0.3, 0.4) is 0 Å². The van der Waals surface area contributed by atoms with E-state index in [4.69, 9.17) is 10.5 Å². The minimum atomic E-state index is 0.00569. The van der Waals surface area contributed by atoms with Gasteiger partial charge >= 0.3 is 0 Å². The smallest absolute Gasteiger partial charge is 0.0776 e. The number of hydrogen-bond donors (Lipinski definition) is 1. The van der Waals surface area contributed by atoms with E-state index < -0.39 is 0 Å². The Kier molecular flexibility index (Phi) is 3.74. The van der Waals surface area contributed by atoms with Gasteiger partial charge in [-0.1, -0.05) is 26.8 Å². The van der Waals surface area contributed by atoms with Crippen LogP contribution < -0.4 is 5.73 Å². The molecule has 3 heteroatoms. The van der Waals surface area contributed by atoms with Crippen LogP contribution >= 0.6 is 0 Å². The molecule has 0 radical (unpaired) electrons. The Morgan fingerprint density at radius 2 is 2.17 bits per heavy atom. The summed E-state index contributed by atoms with van der Waals surface area (Å²) in [6.07, 6.45) is 4.09. The zero-order chi connectivity index (χ0) is 13.3. The van der Waals surface area contributed by atoms with Crippen LogP contribution in [0.25, 0.3) is 0 Å². The lowest BCUT2D eigenvalue weighted by Gasteiger charge is -2.36. The van der Waals surface area contributed by atoms with Gasteiger partial charge in [0, 0.05) is 31.0 Å². The van der Waals surface area contributed by atoms with Crippen molar-refractivity contribution in [1.82, 2.24) is 4.98 Å². The second-order valence-corrected chi connectivity index (χ2v) is 6.29. The van der Waals surface area contributed by atoms with E-state index in [1.54, 1.807) is 7.11 Å². The van der Waals surface area contributed by atoms with Crippen LogP contribution in [0.1, 0.15) is 44.4 Å². The molecule has 3 nitrogen and oxygen atoms in total. The number of rotatable bonds is 3. The number of hydrogen-bond acceptors (Lipinski definition) is 3. The number of nitrogens with zero attached hydrogens (tertiary/aromatic N) is 1. The summed E-state index contributed by atoms with van der Waals surface area (Å²) in [6.45, 7) is 6.53. The van der Waals surface area contributed by atoms with Gasteiger partial charge in [0.1, 0.15) is 0 Å². The molecule has 0 aliphatic heterocycles. The summed E-state index contributed by atoms with van der Waals surface area (Å²) >= 11 is 0. The molecule has 2 rings (SSSR count). The van der Waals surface area contributed by atoms with Crippen LogP contribution in [-0.4, -0.2) is 24.2 Å². The normalized spacial score (nSPS) is 22.6. The molecule has 1 aromatic heterocycles. The van der Waals surface area contributed by atoms with Gasteiger partial charge in [0.25, 0.3) is 0 Å². The summed E-state index contributed by atoms with van der Waals surface area (Å²) in [4.78, 5) is 4.52. The quantitative estimate of drug-likeness (QED) is 0.894. The summed E-state index contributed by atoms with van der Waals surface area (Å²) in [5, 5.41) is 0.